The highest BCUT2D eigenvalue weighted by atomic mass is 32.1. The molecule has 0 aliphatic heterocycles. The zero-order valence-electron chi connectivity index (χ0n) is 8.71. The number of nitrogen functional groups attached to an aromatic ring is 1. The van der Waals surface area contributed by atoms with Gasteiger partial charge in [-0.3, -0.25) is 4.57 Å². The molecule has 0 atom stereocenters. The molecule has 0 spiro atoms. The highest BCUT2D eigenvalue weighted by Gasteiger charge is 2.10. The number of rotatable bonds is 3. The van der Waals surface area contributed by atoms with Gasteiger partial charge in [0, 0.05) is 19.0 Å². The molecule has 0 fully saturated rings. The lowest BCUT2D eigenvalue weighted by Crippen LogP contribution is -2.19. The molecule has 80 valence electrons. The molecule has 0 bridgehead atoms. The van der Waals surface area contributed by atoms with Gasteiger partial charge in [-0.1, -0.05) is 6.07 Å². The van der Waals surface area contributed by atoms with Gasteiger partial charge in [-0.2, -0.15) is 0 Å². The number of thiophene rings is 1. The first kappa shape index (κ1) is 9.97. The predicted octanol–water partition coefficient (Wildman–Crippen LogP) is 1.10. The summed E-state index contributed by atoms with van der Waals surface area (Å²) in [5.41, 5.74) is 5.62. The van der Waals surface area contributed by atoms with E-state index < -0.39 is 0 Å². The van der Waals surface area contributed by atoms with Crippen molar-refractivity contribution in [1.82, 2.24) is 14.8 Å². The molecule has 6 heteroatoms. The van der Waals surface area contributed by atoms with Crippen LogP contribution in [0.5, 0.6) is 0 Å². The van der Waals surface area contributed by atoms with Crippen molar-refractivity contribution in [3.63, 3.8) is 0 Å². The normalized spacial score (nSPS) is 10.5. The minimum absolute atomic E-state index is 0.433. The Bertz CT molecular complexity index is 433. The van der Waals surface area contributed by atoms with Crippen LogP contribution in [-0.4, -0.2) is 21.8 Å². The lowest BCUT2D eigenvalue weighted by atomic mass is 10.4. The van der Waals surface area contributed by atoms with E-state index in [1.165, 1.54) is 4.88 Å². The van der Waals surface area contributed by atoms with Crippen molar-refractivity contribution in [1.29, 1.82) is 0 Å². The van der Waals surface area contributed by atoms with Crippen LogP contribution in [-0.2, 0) is 13.6 Å². The first-order chi connectivity index (χ1) is 7.18. The SMILES string of the molecule is CN(Cc1cccs1)c1nnc(N)n1C. The molecule has 2 rings (SSSR count). The fourth-order valence-electron chi connectivity index (χ4n) is 1.37. The maximum atomic E-state index is 5.62. The first-order valence-electron chi connectivity index (χ1n) is 4.57. The van der Waals surface area contributed by atoms with Crippen molar-refractivity contribution >= 4 is 23.2 Å². The molecule has 0 radical (unpaired) electrons. The van der Waals surface area contributed by atoms with Gasteiger partial charge in [0.1, 0.15) is 0 Å². The van der Waals surface area contributed by atoms with Gasteiger partial charge >= 0.3 is 0 Å². The topological polar surface area (TPSA) is 60.0 Å². The van der Waals surface area contributed by atoms with Crippen LogP contribution >= 0.6 is 11.3 Å². The number of hydrogen-bond acceptors (Lipinski definition) is 5. The molecule has 2 aromatic rings. The van der Waals surface area contributed by atoms with E-state index in [-0.39, 0.29) is 0 Å². The average Bonchev–Trinajstić information content (AvgIpc) is 2.79. The molecule has 2 aromatic heterocycles. The Hall–Kier alpha value is -1.56. The quantitative estimate of drug-likeness (QED) is 0.846. The molecule has 0 aromatic carbocycles. The molecule has 5 nitrogen and oxygen atoms in total. The van der Waals surface area contributed by atoms with Crippen molar-refractivity contribution in [3.8, 4) is 0 Å². The number of aromatic nitrogens is 3. The number of hydrogen-bond donors (Lipinski definition) is 1. The Kier molecular flexibility index (Phi) is 2.59. The van der Waals surface area contributed by atoms with Gasteiger partial charge in [0.2, 0.25) is 11.9 Å². The van der Waals surface area contributed by atoms with Crippen LogP contribution in [0.25, 0.3) is 0 Å². The van der Waals surface area contributed by atoms with Crippen molar-refractivity contribution < 1.29 is 0 Å². The first-order valence-corrected chi connectivity index (χ1v) is 5.45. The van der Waals surface area contributed by atoms with Gasteiger partial charge in [0.15, 0.2) is 0 Å². The summed E-state index contributed by atoms with van der Waals surface area (Å²) in [5.74, 6) is 1.21. The van der Waals surface area contributed by atoms with Crippen molar-refractivity contribution in [2.45, 2.75) is 6.54 Å². The number of nitrogens with two attached hydrogens (primary N) is 1. The highest BCUT2D eigenvalue weighted by molar-refractivity contribution is 7.09. The third-order valence-electron chi connectivity index (χ3n) is 2.20. The minimum Gasteiger partial charge on any atom is -0.368 e. The van der Waals surface area contributed by atoms with Crippen LogP contribution < -0.4 is 10.6 Å². The molecule has 0 amide bonds. The third-order valence-corrected chi connectivity index (χ3v) is 3.06. The van der Waals surface area contributed by atoms with E-state index >= 15 is 0 Å². The second-order valence-corrected chi connectivity index (χ2v) is 4.38. The van der Waals surface area contributed by atoms with E-state index in [0.29, 0.717) is 5.95 Å². The monoisotopic (exact) mass is 223 g/mol. The Labute approximate surface area is 92.2 Å². The lowest BCUT2D eigenvalue weighted by molar-refractivity contribution is 0.816. The van der Waals surface area contributed by atoms with Crippen LogP contribution in [0.1, 0.15) is 4.88 Å². The van der Waals surface area contributed by atoms with Crippen LogP contribution in [0.3, 0.4) is 0 Å². The fraction of sp³-hybridized carbons (Fsp3) is 0.333. The van der Waals surface area contributed by atoms with Gasteiger partial charge < -0.3 is 10.6 Å². The smallest absolute Gasteiger partial charge is 0.228 e. The largest absolute Gasteiger partial charge is 0.368 e. The summed E-state index contributed by atoms with van der Waals surface area (Å²) in [7, 11) is 3.83. The summed E-state index contributed by atoms with van der Waals surface area (Å²) in [6, 6.07) is 4.14. The molecule has 2 N–H and O–H groups in total. The van der Waals surface area contributed by atoms with Crippen LogP contribution in [0.2, 0.25) is 0 Å². The predicted molar refractivity (Wildman–Crippen MR) is 61.8 cm³/mol. The molecular formula is C9H13N5S. The second-order valence-electron chi connectivity index (χ2n) is 3.35. The van der Waals surface area contributed by atoms with Gasteiger partial charge in [0.25, 0.3) is 0 Å². The molecule has 0 unspecified atom stereocenters. The highest BCUT2D eigenvalue weighted by Crippen LogP contribution is 2.16. The second kappa shape index (κ2) is 3.90. The van der Waals surface area contributed by atoms with Crippen LogP contribution in [0.15, 0.2) is 17.5 Å². The summed E-state index contributed by atoms with van der Waals surface area (Å²) < 4.78 is 1.77. The van der Waals surface area contributed by atoms with E-state index in [9.17, 15) is 0 Å². The zero-order valence-corrected chi connectivity index (χ0v) is 9.53. The van der Waals surface area contributed by atoms with Crippen molar-refractivity contribution in [2.75, 3.05) is 17.7 Å². The summed E-state index contributed by atoms with van der Waals surface area (Å²) in [4.78, 5) is 3.31. The van der Waals surface area contributed by atoms with Crippen LogP contribution in [0, 0.1) is 0 Å². The molecule has 15 heavy (non-hydrogen) atoms. The summed E-state index contributed by atoms with van der Waals surface area (Å²) >= 11 is 1.73. The van der Waals surface area contributed by atoms with Crippen molar-refractivity contribution in [3.05, 3.63) is 22.4 Å². The maximum absolute atomic E-state index is 5.62. The number of nitrogens with zero attached hydrogens (tertiary/aromatic N) is 4. The van der Waals surface area contributed by atoms with Crippen molar-refractivity contribution in [2.24, 2.45) is 7.05 Å². The van der Waals surface area contributed by atoms with E-state index in [1.807, 2.05) is 25.1 Å². The van der Waals surface area contributed by atoms with E-state index in [4.69, 9.17) is 5.73 Å². The molecule has 0 saturated heterocycles. The lowest BCUT2D eigenvalue weighted by Gasteiger charge is -2.16. The van der Waals surface area contributed by atoms with Crippen LogP contribution in [0.4, 0.5) is 11.9 Å². The van der Waals surface area contributed by atoms with E-state index in [1.54, 1.807) is 15.9 Å². The average molecular weight is 223 g/mol. The fourth-order valence-corrected chi connectivity index (χ4v) is 2.13. The van der Waals surface area contributed by atoms with E-state index in [0.717, 1.165) is 12.5 Å². The maximum Gasteiger partial charge on any atom is 0.228 e. The molecular weight excluding hydrogens is 210 g/mol. The molecule has 2 heterocycles. The molecule has 0 aliphatic carbocycles. The minimum atomic E-state index is 0.433. The zero-order chi connectivity index (χ0) is 10.8. The van der Waals surface area contributed by atoms with Gasteiger partial charge in [-0.15, -0.1) is 21.5 Å². The van der Waals surface area contributed by atoms with E-state index in [2.05, 4.69) is 21.6 Å². The molecule has 0 saturated carbocycles. The summed E-state index contributed by atoms with van der Waals surface area (Å²) in [5, 5.41) is 9.90. The molecule has 0 aliphatic rings. The Morgan fingerprint density at radius 3 is 2.87 bits per heavy atom. The standard InChI is InChI=1S/C9H13N5S/c1-13(6-7-4-3-5-15-7)9-12-11-8(10)14(9)2/h3-5H,6H2,1-2H3,(H2,10,11). The number of anilines is 2. The summed E-state index contributed by atoms with van der Waals surface area (Å²) in [6.45, 7) is 0.823. The Balaban J connectivity index is 2.14. The van der Waals surface area contributed by atoms with Gasteiger partial charge in [0.05, 0.1) is 6.54 Å². The Morgan fingerprint density at radius 2 is 2.33 bits per heavy atom. The third kappa shape index (κ3) is 1.94. The summed E-state index contributed by atoms with van der Waals surface area (Å²) in [6.07, 6.45) is 0. The van der Waals surface area contributed by atoms with Gasteiger partial charge in [-0.25, -0.2) is 0 Å². The van der Waals surface area contributed by atoms with Gasteiger partial charge in [-0.05, 0) is 11.4 Å². The Morgan fingerprint density at radius 1 is 1.53 bits per heavy atom.